The first kappa shape index (κ1) is 19.9. The van der Waals surface area contributed by atoms with E-state index in [0.717, 1.165) is 31.4 Å². The van der Waals surface area contributed by atoms with Crippen LogP contribution in [-0.4, -0.2) is 34.9 Å². The zero-order valence-electron chi connectivity index (χ0n) is 17.2. The number of aromatic nitrogens is 1. The van der Waals surface area contributed by atoms with Crippen LogP contribution >= 0.6 is 0 Å². The number of nitrogens with zero attached hydrogens (tertiary/aromatic N) is 2. The molecule has 1 aliphatic rings. The molecule has 0 saturated carbocycles. The van der Waals surface area contributed by atoms with Crippen LogP contribution < -0.4 is 10.2 Å². The zero-order chi connectivity index (χ0) is 21.3. The van der Waals surface area contributed by atoms with E-state index in [9.17, 15) is 14.9 Å². The Morgan fingerprint density at radius 1 is 1.20 bits per heavy atom. The number of carbonyl (C=O) groups excluding carboxylic acids is 1. The highest BCUT2D eigenvalue weighted by Crippen LogP contribution is 2.37. The second kappa shape index (κ2) is 8.18. The molecule has 1 aromatic heterocycles. The predicted molar refractivity (Wildman–Crippen MR) is 118 cm³/mol. The van der Waals surface area contributed by atoms with Gasteiger partial charge in [0.15, 0.2) is 0 Å². The molecule has 1 amide bonds. The van der Waals surface area contributed by atoms with Crippen LogP contribution in [0.15, 0.2) is 48.7 Å². The molecule has 7 nitrogen and oxygen atoms in total. The highest BCUT2D eigenvalue weighted by atomic mass is 16.6. The van der Waals surface area contributed by atoms with E-state index < -0.39 is 4.92 Å². The van der Waals surface area contributed by atoms with Gasteiger partial charge in [-0.2, -0.15) is 0 Å². The molecular weight excluding hydrogens is 380 g/mol. The van der Waals surface area contributed by atoms with E-state index >= 15 is 0 Å². The van der Waals surface area contributed by atoms with Crippen molar-refractivity contribution in [3.63, 3.8) is 0 Å². The van der Waals surface area contributed by atoms with Crippen LogP contribution in [0.25, 0.3) is 10.9 Å². The van der Waals surface area contributed by atoms with Gasteiger partial charge >= 0.3 is 0 Å². The van der Waals surface area contributed by atoms with Crippen LogP contribution in [0.5, 0.6) is 0 Å². The van der Waals surface area contributed by atoms with Crippen molar-refractivity contribution in [2.75, 3.05) is 18.0 Å². The zero-order valence-corrected chi connectivity index (χ0v) is 17.2. The van der Waals surface area contributed by atoms with Gasteiger partial charge in [-0.3, -0.25) is 14.9 Å². The number of H-pyrrole nitrogens is 1. The number of amides is 1. The Hall–Kier alpha value is -3.35. The van der Waals surface area contributed by atoms with Gasteiger partial charge in [-0.1, -0.05) is 18.2 Å². The molecule has 156 valence electrons. The van der Waals surface area contributed by atoms with E-state index in [0.29, 0.717) is 17.2 Å². The van der Waals surface area contributed by atoms with Crippen LogP contribution in [0.1, 0.15) is 48.5 Å². The fraction of sp³-hybridized carbons (Fsp3) is 0.348. The summed E-state index contributed by atoms with van der Waals surface area (Å²) in [5.74, 6) is 0.130. The number of aromatic amines is 1. The third-order valence-electron chi connectivity index (χ3n) is 5.75. The molecule has 7 heteroatoms. The number of benzene rings is 2. The molecule has 2 heterocycles. The summed E-state index contributed by atoms with van der Waals surface area (Å²) in [4.78, 5) is 29.0. The van der Waals surface area contributed by atoms with Gasteiger partial charge in [0.1, 0.15) is 5.69 Å². The highest BCUT2D eigenvalue weighted by Gasteiger charge is 2.27. The normalized spacial score (nSPS) is 15.0. The minimum Gasteiger partial charge on any atom is -0.366 e. The van der Waals surface area contributed by atoms with Crippen LogP contribution in [0.2, 0.25) is 0 Å². The summed E-state index contributed by atoms with van der Waals surface area (Å²) in [5, 5.41) is 15.7. The van der Waals surface area contributed by atoms with E-state index in [1.54, 1.807) is 12.1 Å². The summed E-state index contributed by atoms with van der Waals surface area (Å²) in [5.41, 5.74) is 3.34. The van der Waals surface area contributed by atoms with Crippen molar-refractivity contribution in [2.24, 2.45) is 0 Å². The van der Waals surface area contributed by atoms with Gasteiger partial charge in [0.2, 0.25) is 0 Å². The maximum atomic E-state index is 12.2. The lowest BCUT2D eigenvalue weighted by Crippen LogP contribution is -2.33. The first-order valence-electron chi connectivity index (χ1n) is 10.3. The summed E-state index contributed by atoms with van der Waals surface area (Å²) >= 11 is 0. The van der Waals surface area contributed by atoms with Gasteiger partial charge in [0, 0.05) is 47.9 Å². The van der Waals surface area contributed by atoms with E-state index in [1.807, 2.05) is 19.9 Å². The average molecular weight is 406 g/mol. The fourth-order valence-corrected chi connectivity index (χ4v) is 4.29. The Morgan fingerprint density at radius 3 is 2.63 bits per heavy atom. The molecule has 3 aromatic rings. The first-order chi connectivity index (χ1) is 14.4. The highest BCUT2D eigenvalue weighted by molar-refractivity contribution is 5.96. The molecule has 2 aromatic carbocycles. The third kappa shape index (κ3) is 3.87. The van der Waals surface area contributed by atoms with E-state index in [2.05, 4.69) is 39.6 Å². The molecule has 0 bridgehead atoms. The molecule has 1 aliphatic heterocycles. The molecule has 0 unspecified atom stereocenters. The number of hydrogen-bond acceptors (Lipinski definition) is 4. The number of carbonyl (C=O) groups is 1. The van der Waals surface area contributed by atoms with Gasteiger partial charge in [0.25, 0.3) is 11.6 Å². The van der Waals surface area contributed by atoms with Crippen molar-refractivity contribution in [2.45, 2.75) is 38.6 Å². The lowest BCUT2D eigenvalue weighted by Gasteiger charge is -2.33. The maximum Gasteiger partial charge on any atom is 0.293 e. The van der Waals surface area contributed by atoms with Gasteiger partial charge < -0.3 is 15.2 Å². The predicted octanol–water partition coefficient (Wildman–Crippen LogP) is 4.60. The molecule has 1 fully saturated rings. The van der Waals surface area contributed by atoms with E-state index in [4.69, 9.17) is 0 Å². The largest absolute Gasteiger partial charge is 0.366 e. The van der Waals surface area contributed by atoms with Gasteiger partial charge in [-0.15, -0.1) is 0 Å². The van der Waals surface area contributed by atoms with Crippen molar-refractivity contribution < 1.29 is 9.72 Å². The molecule has 0 spiro atoms. The average Bonchev–Trinajstić information content (AvgIpc) is 3.17. The van der Waals surface area contributed by atoms with E-state index in [-0.39, 0.29) is 17.6 Å². The minimum absolute atomic E-state index is 0.0167. The second-order valence-corrected chi connectivity index (χ2v) is 8.14. The molecule has 30 heavy (non-hydrogen) atoms. The van der Waals surface area contributed by atoms with Crippen molar-refractivity contribution >= 4 is 28.2 Å². The van der Waals surface area contributed by atoms with Gasteiger partial charge in [0.05, 0.1) is 4.92 Å². The Balaban J connectivity index is 1.52. The summed E-state index contributed by atoms with van der Waals surface area (Å²) in [6, 6.07) is 13.0. The van der Waals surface area contributed by atoms with Gasteiger partial charge in [-0.25, -0.2) is 0 Å². The molecule has 0 radical (unpaired) electrons. The molecule has 4 rings (SSSR count). The Kier molecular flexibility index (Phi) is 5.44. The summed E-state index contributed by atoms with van der Waals surface area (Å²) in [6.45, 7) is 5.20. The third-order valence-corrected chi connectivity index (χ3v) is 5.75. The summed E-state index contributed by atoms with van der Waals surface area (Å²) < 4.78 is 0. The number of hydrogen-bond donors (Lipinski definition) is 2. The van der Waals surface area contributed by atoms with E-state index in [1.165, 1.54) is 17.0 Å². The quantitative estimate of drug-likeness (QED) is 0.479. The number of para-hydroxylation sites is 1. The van der Waals surface area contributed by atoms with Crippen LogP contribution in [0.3, 0.4) is 0 Å². The Morgan fingerprint density at radius 2 is 1.93 bits per heavy atom. The molecular formula is C23H26N4O3. The van der Waals surface area contributed by atoms with Crippen LogP contribution in [-0.2, 0) is 0 Å². The number of nitro benzene ring substituents is 1. The fourth-order valence-electron chi connectivity index (χ4n) is 4.29. The van der Waals surface area contributed by atoms with Crippen molar-refractivity contribution in [1.29, 1.82) is 0 Å². The summed E-state index contributed by atoms with van der Waals surface area (Å²) in [7, 11) is 0. The topological polar surface area (TPSA) is 91.3 Å². The SMILES string of the molecule is CC(C)NC(=O)c1ccc(N2CCC(c3c[nH]c4ccccc34)CC2)c([N+](=O)[O-])c1. The van der Waals surface area contributed by atoms with Crippen LogP contribution in [0.4, 0.5) is 11.4 Å². The standard InChI is InChI=1S/C23H26N4O3/c1-15(2)25-23(28)17-7-8-21(22(13-17)27(29)30)26-11-9-16(10-12-26)19-14-24-20-6-4-3-5-18(19)20/h3-8,13-16,24H,9-12H2,1-2H3,(H,25,28). The monoisotopic (exact) mass is 406 g/mol. The molecule has 2 N–H and O–H groups in total. The number of nitro groups is 1. The lowest BCUT2D eigenvalue weighted by atomic mass is 9.89. The number of fused-ring (bicyclic) bond motifs is 1. The Bertz CT molecular complexity index is 1080. The smallest absolute Gasteiger partial charge is 0.293 e. The van der Waals surface area contributed by atoms with Crippen molar-refractivity contribution in [3.05, 3.63) is 69.9 Å². The minimum atomic E-state index is -0.396. The second-order valence-electron chi connectivity index (χ2n) is 8.14. The van der Waals surface area contributed by atoms with Crippen LogP contribution in [0, 0.1) is 10.1 Å². The number of nitrogens with one attached hydrogen (secondary N) is 2. The van der Waals surface area contributed by atoms with Gasteiger partial charge in [-0.05, 0) is 56.4 Å². The first-order valence-corrected chi connectivity index (χ1v) is 10.3. The maximum absolute atomic E-state index is 12.2. The number of piperidine rings is 1. The molecule has 0 aliphatic carbocycles. The summed E-state index contributed by atoms with van der Waals surface area (Å²) in [6.07, 6.45) is 3.94. The number of anilines is 1. The number of rotatable bonds is 5. The van der Waals surface area contributed by atoms with Crippen molar-refractivity contribution in [3.8, 4) is 0 Å². The lowest BCUT2D eigenvalue weighted by molar-refractivity contribution is -0.384. The molecule has 1 saturated heterocycles. The Labute approximate surface area is 175 Å². The van der Waals surface area contributed by atoms with Crippen molar-refractivity contribution in [1.82, 2.24) is 10.3 Å². The molecule has 0 atom stereocenters.